The Morgan fingerprint density at radius 3 is 3.00 bits per heavy atom. The van der Waals surface area contributed by atoms with Crippen molar-refractivity contribution in [2.24, 2.45) is 0 Å². The fourth-order valence-corrected chi connectivity index (χ4v) is 3.14. The SMILES string of the molecule is Cc1ncccc1CNC[C@H]1COC2(CCCCC2)O1. The van der Waals surface area contributed by atoms with Gasteiger partial charge in [-0.2, -0.15) is 0 Å². The van der Waals surface area contributed by atoms with Crippen molar-refractivity contribution in [2.75, 3.05) is 13.2 Å². The predicted molar refractivity (Wildman–Crippen MR) is 77.3 cm³/mol. The Kier molecular flexibility index (Phi) is 4.34. The quantitative estimate of drug-likeness (QED) is 0.918. The Balaban J connectivity index is 1.45. The Bertz CT molecular complexity index is 444. The second-order valence-electron chi connectivity index (χ2n) is 5.90. The van der Waals surface area contributed by atoms with Crippen LogP contribution in [0.4, 0.5) is 0 Å². The lowest BCUT2D eigenvalue weighted by atomic mass is 9.94. The summed E-state index contributed by atoms with van der Waals surface area (Å²) in [7, 11) is 0. The first-order valence-electron chi connectivity index (χ1n) is 7.70. The molecule has 1 aliphatic carbocycles. The van der Waals surface area contributed by atoms with Gasteiger partial charge in [0.15, 0.2) is 5.79 Å². The monoisotopic (exact) mass is 276 g/mol. The standard InChI is InChI=1S/C16H24N2O2/c1-13-14(6-5-9-18-13)10-17-11-15-12-19-16(20-15)7-3-2-4-8-16/h5-6,9,15,17H,2-4,7-8,10-12H2,1H3/t15-/m0/s1. The largest absolute Gasteiger partial charge is 0.347 e. The van der Waals surface area contributed by atoms with E-state index in [1.165, 1.54) is 24.8 Å². The molecule has 110 valence electrons. The summed E-state index contributed by atoms with van der Waals surface area (Å²) in [5.74, 6) is -0.255. The number of nitrogens with one attached hydrogen (secondary N) is 1. The van der Waals surface area contributed by atoms with Crippen LogP contribution in [0, 0.1) is 6.92 Å². The molecule has 3 rings (SSSR count). The molecule has 1 spiro atoms. The van der Waals surface area contributed by atoms with Gasteiger partial charge in [0.2, 0.25) is 0 Å². The molecule has 1 aromatic heterocycles. The molecular weight excluding hydrogens is 252 g/mol. The van der Waals surface area contributed by atoms with E-state index in [0.717, 1.165) is 38.2 Å². The third-order valence-corrected chi connectivity index (χ3v) is 4.33. The van der Waals surface area contributed by atoms with Gasteiger partial charge in [0.25, 0.3) is 0 Å². The highest BCUT2D eigenvalue weighted by molar-refractivity contribution is 5.17. The number of rotatable bonds is 4. The Morgan fingerprint density at radius 1 is 1.35 bits per heavy atom. The Morgan fingerprint density at radius 2 is 2.20 bits per heavy atom. The summed E-state index contributed by atoms with van der Waals surface area (Å²) >= 11 is 0. The minimum atomic E-state index is -0.255. The molecule has 1 N–H and O–H groups in total. The van der Waals surface area contributed by atoms with Crippen molar-refractivity contribution < 1.29 is 9.47 Å². The Labute approximate surface area is 120 Å². The van der Waals surface area contributed by atoms with Crippen LogP contribution >= 0.6 is 0 Å². The molecule has 1 saturated carbocycles. The first-order chi connectivity index (χ1) is 9.77. The zero-order chi connectivity index (χ0) is 13.8. The highest BCUT2D eigenvalue weighted by Gasteiger charge is 2.41. The molecule has 20 heavy (non-hydrogen) atoms. The van der Waals surface area contributed by atoms with E-state index in [1.807, 2.05) is 19.2 Å². The van der Waals surface area contributed by atoms with Gasteiger partial charge in [0, 0.05) is 37.8 Å². The van der Waals surface area contributed by atoms with Crippen molar-refractivity contribution in [2.45, 2.75) is 57.5 Å². The van der Waals surface area contributed by atoms with Crippen molar-refractivity contribution in [1.29, 1.82) is 0 Å². The molecule has 2 aliphatic rings. The summed E-state index contributed by atoms with van der Waals surface area (Å²) in [5.41, 5.74) is 2.34. The summed E-state index contributed by atoms with van der Waals surface area (Å²) in [6, 6.07) is 4.10. The van der Waals surface area contributed by atoms with Crippen LogP contribution in [0.2, 0.25) is 0 Å². The molecule has 0 bridgehead atoms. The molecular formula is C16H24N2O2. The molecule has 2 heterocycles. The van der Waals surface area contributed by atoms with E-state index in [9.17, 15) is 0 Å². The number of pyridine rings is 1. The third-order valence-electron chi connectivity index (χ3n) is 4.33. The summed E-state index contributed by atoms with van der Waals surface area (Å²) in [6.07, 6.45) is 7.92. The smallest absolute Gasteiger partial charge is 0.168 e. The average molecular weight is 276 g/mol. The second kappa shape index (κ2) is 6.20. The predicted octanol–water partition coefficient (Wildman–Crippen LogP) is 2.56. The lowest BCUT2D eigenvalue weighted by Crippen LogP contribution is -2.35. The maximum atomic E-state index is 6.16. The van der Waals surface area contributed by atoms with E-state index >= 15 is 0 Å². The number of aryl methyl sites for hydroxylation is 1. The zero-order valence-electron chi connectivity index (χ0n) is 12.2. The minimum absolute atomic E-state index is 0.185. The number of ether oxygens (including phenoxy) is 2. The maximum Gasteiger partial charge on any atom is 0.168 e. The van der Waals surface area contributed by atoms with E-state index < -0.39 is 0 Å². The lowest BCUT2D eigenvalue weighted by Gasteiger charge is -2.31. The Hall–Kier alpha value is -0.970. The molecule has 0 aromatic carbocycles. The van der Waals surface area contributed by atoms with Gasteiger partial charge in [-0.15, -0.1) is 0 Å². The zero-order valence-corrected chi connectivity index (χ0v) is 12.2. The molecule has 0 amide bonds. The molecule has 1 saturated heterocycles. The van der Waals surface area contributed by atoms with Gasteiger partial charge in [-0.05, 0) is 31.4 Å². The molecule has 1 aromatic rings. The van der Waals surface area contributed by atoms with Crippen LogP contribution in [0.1, 0.15) is 43.4 Å². The first-order valence-corrected chi connectivity index (χ1v) is 7.70. The number of aromatic nitrogens is 1. The normalized spacial score (nSPS) is 25.1. The summed E-state index contributed by atoms with van der Waals surface area (Å²) < 4.78 is 12.1. The van der Waals surface area contributed by atoms with Gasteiger partial charge in [-0.25, -0.2) is 0 Å². The van der Waals surface area contributed by atoms with Gasteiger partial charge < -0.3 is 14.8 Å². The highest BCUT2D eigenvalue weighted by atomic mass is 16.7. The van der Waals surface area contributed by atoms with Crippen molar-refractivity contribution >= 4 is 0 Å². The van der Waals surface area contributed by atoms with Gasteiger partial charge in [0.05, 0.1) is 12.7 Å². The number of hydrogen-bond acceptors (Lipinski definition) is 4. The van der Waals surface area contributed by atoms with Gasteiger partial charge in [-0.1, -0.05) is 12.5 Å². The van der Waals surface area contributed by atoms with Crippen molar-refractivity contribution in [3.05, 3.63) is 29.6 Å². The van der Waals surface area contributed by atoms with E-state index in [4.69, 9.17) is 9.47 Å². The fraction of sp³-hybridized carbons (Fsp3) is 0.688. The topological polar surface area (TPSA) is 43.4 Å². The number of hydrogen-bond donors (Lipinski definition) is 1. The molecule has 1 aliphatic heterocycles. The summed E-state index contributed by atoms with van der Waals surface area (Å²) in [6.45, 7) is 4.45. The molecule has 0 radical (unpaired) electrons. The third kappa shape index (κ3) is 3.19. The summed E-state index contributed by atoms with van der Waals surface area (Å²) in [5, 5.41) is 3.46. The van der Waals surface area contributed by atoms with Crippen molar-refractivity contribution in [3.63, 3.8) is 0 Å². The van der Waals surface area contributed by atoms with E-state index in [-0.39, 0.29) is 11.9 Å². The second-order valence-corrected chi connectivity index (χ2v) is 5.90. The molecule has 2 fully saturated rings. The van der Waals surface area contributed by atoms with Crippen LogP contribution in [-0.4, -0.2) is 30.0 Å². The van der Waals surface area contributed by atoms with Crippen LogP contribution in [-0.2, 0) is 16.0 Å². The van der Waals surface area contributed by atoms with Gasteiger partial charge in [0.1, 0.15) is 0 Å². The van der Waals surface area contributed by atoms with Gasteiger partial charge >= 0.3 is 0 Å². The van der Waals surface area contributed by atoms with Crippen molar-refractivity contribution in [3.8, 4) is 0 Å². The fourth-order valence-electron chi connectivity index (χ4n) is 3.14. The van der Waals surface area contributed by atoms with Crippen LogP contribution in [0.25, 0.3) is 0 Å². The van der Waals surface area contributed by atoms with E-state index in [2.05, 4.69) is 16.4 Å². The highest BCUT2D eigenvalue weighted by Crippen LogP contribution is 2.37. The minimum Gasteiger partial charge on any atom is -0.347 e. The van der Waals surface area contributed by atoms with Crippen LogP contribution in [0.3, 0.4) is 0 Å². The first kappa shape index (κ1) is 14.0. The van der Waals surface area contributed by atoms with Crippen LogP contribution in [0.15, 0.2) is 18.3 Å². The average Bonchev–Trinajstić information content (AvgIpc) is 2.85. The molecule has 1 atom stereocenters. The molecule has 0 unspecified atom stereocenters. The summed E-state index contributed by atoms with van der Waals surface area (Å²) in [4.78, 5) is 4.30. The molecule has 4 heteroatoms. The van der Waals surface area contributed by atoms with E-state index in [1.54, 1.807) is 0 Å². The maximum absolute atomic E-state index is 6.16. The van der Waals surface area contributed by atoms with E-state index in [0.29, 0.717) is 0 Å². The van der Waals surface area contributed by atoms with Gasteiger partial charge in [-0.3, -0.25) is 4.98 Å². The number of nitrogens with zero attached hydrogens (tertiary/aromatic N) is 1. The lowest BCUT2D eigenvalue weighted by molar-refractivity contribution is -0.186. The molecule has 4 nitrogen and oxygen atoms in total. The van der Waals surface area contributed by atoms with Crippen LogP contribution in [0.5, 0.6) is 0 Å². The van der Waals surface area contributed by atoms with Crippen molar-refractivity contribution in [1.82, 2.24) is 10.3 Å². The van der Waals surface area contributed by atoms with Crippen LogP contribution < -0.4 is 5.32 Å².